The number of rotatable bonds is 7. The molecule has 0 bridgehead atoms. The number of hydrogen-bond donors (Lipinski definition) is 2. The Morgan fingerprint density at radius 3 is 2.72 bits per heavy atom. The number of aliphatic imine (C=N–C) groups is 1. The summed E-state index contributed by atoms with van der Waals surface area (Å²) in [5, 5.41) is 13.8. The van der Waals surface area contributed by atoms with Crippen LogP contribution >= 0.6 is 0 Å². The normalized spacial score (nSPS) is 20.0. The Hall–Kier alpha value is -2.89. The Labute approximate surface area is 189 Å². The van der Waals surface area contributed by atoms with Gasteiger partial charge < -0.3 is 21.1 Å². The van der Waals surface area contributed by atoms with Crippen LogP contribution in [0.5, 0.6) is 5.75 Å². The smallest absolute Gasteiger partial charge is 0.147 e. The Bertz CT molecular complexity index is 1080. The van der Waals surface area contributed by atoms with Crippen LogP contribution in [0.1, 0.15) is 57.6 Å². The van der Waals surface area contributed by atoms with Crippen molar-refractivity contribution < 1.29 is 4.74 Å². The zero-order chi connectivity index (χ0) is 22.9. The van der Waals surface area contributed by atoms with Crippen LogP contribution < -0.4 is 16.2 Å². The van der Waals surface area contributed by atoms with Gasteiger partial charge in [-0.3, -0.25) is 4.99 Å². The number of likely N-dealkylation sites (tertiary alicyclic amines) is 1. The van der Waals surface area contributed by atoms with Gasteiger partial charge in [0.15, 0.2) is 0 Å². The highest BCUT2D eigenvalue weighted by Gasteiger charge is 2.40. The molecule has 1 aliphatic carbocycles. The molecule has 3 heterocycles. The van der Waals surface area contributed by atoms with Crippen molar-refractivity contribution in [1.82, 2.24) is 14.5 Å². The number of hydrogen-bond acceptors (Lipinski definition) is 7. The van der Waals surface area contributed by atoms with E-state index in [4.69, 9.17) is 21.2 Å². The van der Waals surface area contributed by atoms with Gasteiger partial charge in [-0.05, 0) is 52.5 Å². The zero-order valence-electron chi connectivity index (χ0n) is 19.2. The summed E-state index contributed by atoms with van der Waals surface area (Å²) in [6, 6.07) is 4.39. The first kappa shape index (κ1) is 22.3. The van der Waals surface area contributed by atoms with Gasteiger partial charge in [0.05, 0.1) is 18.3 Å². The molecule has 1 saturated heterocycles. The van der Waals surface area contributed by atoms with Gasteiger partial charge in [0, 0.05) is 54.4 Å². The van der Waals surface area contributed by atoms with E-state index < -0.39 is 0 Å². The van der Waals surface area contributed by atoms with Crippen LogP contribution in [0.3, 0.4) is 0 Å². The molecule has 0 aromatic carbocycles. The van der Waals surface area contributed by atoms with Gasteiger partial charge in [0.2, 0.25) is 0 Å². The maximum Gasteiger partial charge on any atom is 0.147 e. The van der Waals surface area contributed by atoms with Crippen molar-refractivity contribution in [1.29, 1.82) is 5.26 Å². The highest BCUT2D eigenvalue weighted by molar-refractivity contribution is 6.22. The van der Waals surface area contributed by atoms with Gasteiger partial charge in [-0.25, -0.2) is 4.52 Å². The molecule has 2 aliphatic rings. The molecule has 2 aromatic rings. The van der Waals surface area contributed by atoms with Gasteiger partial charge >= 0.3 is 0 Å². The fraction of sp³-hybridized carbons (Fsp3) is 0.542. The van der Waals surface area contributed by atoms with Crippen molar-refractivity contribution in [3.05, 3.63) is 35.8 Å². The first-order chi connectivity index (χ1) is 15.3. The number of fused-ring (bicyclic) bond motifs is 1. The third kappa shape index (κ3) is 4.79. The molecule has 8 nitrogen and oxygen atoms in total. The monoisotopic (exact) mass is 435 g/mol. The van der Waals surface area contributed by atoms with Crippen LogP contribution in [0.15, 0.2) is 29.7 Å². The quantitative estimate of drug-likeness (QED) is 0.646. The summed E-state index contributed by atoms with van der Waals surface area (Å²) < 4.78 is 7.70. The van der Waals surface area contributed by atoms with E-state index in [1.54, 1.807) is 16.9 Å². The molecule has 8 heteroatoms. The van der Waals surface area contributed by atoms with Crippen molar-refractivity contribution in [3.63, 3.8) is 0 Å². The summed E-state index contributed by atoms with van der Waals surface area (Å²) in [7, 11) is 0. The molecule has 1 saturated carbocycles. The molecule has 0 atom stereocenters. The molecular weight excluding hydrogens is 402 g/mol. The van der Waals surface area contributed by atoms with E-state index in [-0.39, 0.29) is 17.7 Å². The van der Waals surface area contributed by atoms with Crippen LogP contribution in [-0.2, 0) is 0 Å². The van der Waals surface area contributed by atoms with Crippen LogP contribution in [0.4, 0.5) is 0 Å². The highest BCUT2D eigenvalue weighted by atomic mass is 16.5. The lowest BCUT2D eigenvalue weighted by Crippen LogP contribution is -2.44. The summed E-state index contributed by atoms with van der Waals surface area (Å²) in [5.74, 6) is 0.614. The molecule has 0 radical (unpaired) electrons. The minimum absolute atomic E-state index is 0.0379. The molecule has 32 heavy (non-hydrogen) atoms. The van der Waals surface area contributed by atoms with E-state index in [9.17, 15) is 5.26 Å². The first-order valence-electron chi connectivity index (χ1n) is 11.4. The largest absolute Gasteiger partial charge is 0.489 e. The lowest BCUT2D eigenvalue weighted by atomic mass is 10.0. The molecule has 0 amide bonds. The van der Waals surface area contributed by atoms with Crippen molar-refractivity contribution in [3.8, 4) is 11.8 Å². The van der Waals surface area contributed by atoms with E-state index in [0.29, 0.717) is 16.8 Å². The zero-order valence-corrected chi connectivity index (χ0v) is 19.2. The van der Waals surface area contributed by atoms with Crippen LogP contribution in [0.25, 0.3) is 11.1 Å². The third-order valence-electron chi connectivity index (χ3n) is 6.29. The summed E-state index contributed by atoms with van der Waals surface area (Å²) in [4.78, 5) is 7.48. The lowest BCUT2D eigenvalue weighted by molar-refractivity contribution is 0.198. The molecule has 4 N–H and O–H groups in total. The summed E-state index contributed by atoms with van der Waals surface area (Å²) >= 11 is 0. The van der Waals surface area contributed by atoms with Gasteiger partial charge in [-0.15, -0.1) is 0 Å². The van der Waals surface area contributed by atoms with Crippen molar-refractivity contribution in [2.75, 3.05) is 19.6 Å². The second-order valence-electron chi connectivity index (χ2n) is 9.39. The fourth-order valence-electron chi connectivity index (χ4n) is 4.40. The Morgan fingerprint density at radius 2 is 2.12 bits per heavy atom. The number of nitriles is 1. The Balaban J connectivity index is 1.54. The number of aromatic nitrogens is 2. The maximum absolute atomic E-state index is 9.44. The average Bonchev–Trinajstić information content (AvgIpc) is 3.31. The van der Waals surface area contributed by atoms with Crippen LogP contribution in [0, 0.1) is 11.3 Å². The van der Waals surface area contributed by atoms with E-state index >= 15 is 0 Å². The summed E-state index contributed by atoms with van der Waals surface area (Å²) in [6.07, 6.45) is 9.33. The van der Waals surface area contributed by atoms with Gasteiger partial charge in [-0.1, -0.05) is 0 Å². The predicted molar refractivity (Wildman–Crippen MR) is 127 cm³/mol. The maximum atomic E-state index is 9.44. The topological polar surface area (TPSA) is 118 Å². The summed E-state index contributed by atoms with van der Waals surface area (Å²) in [6.45, 7) is 8.99. The Morgan fingerprint density at radius 1 is 1.41 bits per heavy atom. The summed E-state index contributed by atoms with van der Waals surface area (Å²) in [5.41, 5.74) is 16.1. The molecule has 0 unspecified atom stereocenters. The van der Waals surface area contributed by atoms with Gasteiger partial charge in [0.25, 0.3) is 0 Å². The average molecular weight is 436 g/mol. The van der Waals surface area contributed by atoms with E-state index in [1.165, 1.54) is 0 Å². The van der Waals surface area contributed by atoms with Gasteiger partial charge in [-0.2, -0.15) is 10.4 Å². The second-order valence-corrected chi connectivity index (χ2v) is 9.39. The molecular formula is C24H33N7O. The molecule has 2 aromatic heterocycles. The Kier molecular flexibility index (Phi) is 6.22. The highest BCUT2D eigenvalue weighted by Crippen LogP contribution is 2.34. The second kappa shape index (κ2) is 8.93. The fourth-order valence-corrected chi connectivity index (χ4v) is 4.40. The number of allylic oxidation sites excluding steroid dienone is 1. The number of piperidine rings is 1. The van der Waals surface area contributed by atoms with Crippen molar-refractivity contribution in [2.24, 2.45) is 16.5 Å². The van der Waals surface area contributed by atoms with E-state index in [0.717, 1.165) is 62.2 Å². The number of pyridine rings is 1. The molecule has 2 fully saturated rings. The molecule has 170 valence electrons. The van der Waals surface area contributed by atoms with Gasteiger partial charge in [0.1, 0.15) is 22.9 Å². The lowest BCUT2D eigenvalue weighted by Gasteiger charge is -2.32. The van der Waals surface area contributed by atoms with E-state index in [1.807, 2.05) is 33.0 Å². The van der Waals surface area contributed by atoms with Crippen LogP contribution in [-0.4, -0.2) is 57.5 Å². The standard InChI is InChI=1S/C24H33N7O/c1-16(2)32-22-10-18(14-31-23(22)19(11-25)13-28-31)21(12-26)17(3)29-20-4-8-30(9-5-20)15-24(27)6-7-24/h10,12-14,16,20H,4-9,15,26-27H2,1-3H3/b21-12+,29-17?. The number of nitrogens with two attached hydrogens (primary N) is 2. The van der Waals surface area contributed by atoms with Crippen molar-refractivity contribution >= 4 is 16.8 Å². The minimum atomic E-state index is -0.0379. The SMILES string of the molecule is CC(=NC1CCN(CC2(N)CC2)CC1)/C(=C\N)c1cc(OC(C)C)c2c(C#N)cnn2c1. The predicted octanol–water partition coefficient (Wildman–Crippen LogP) is 2.71. The van der Waals surface area contributed by atoms with Crippen LogP contribution in [0.2, 0.25) is 0 Å². The first-order valence-corrected chi connectivity index (χ1v) is 11.4. The molecule has 0 spiro atoms. The van der Waals surface area contributed by atoms with Crippen molar-refractivity contribution in [2.45, 2.75) is 64.1 Å². The third-order valence-corrected chi connectivity index (χ3v) is 6.29. The number of ether oxygens (including phenoxy) is 1. The van der Waals surface area contributed by atoms with E-state index in [2.05, 4.69) is 16.1 Å². The molecule has 4 rings (SSSR count). The molecule has 1 aliphatic heterocycles. The number of nitrogens with zero attached hydrogens (tertiary/aromatic N) is 5. The minimum Gasteiger partial charge on any atom is -0.489 e.